The zero-order valence-corrected chi connectivity index (χ0v) is 15.5. The van der Waals surface area contributed by atoms with Crippen molar-refractivity contribution in [2.75, 3.05) is 31.1 Å². The van der Waals surface area contributed by atoms with Crippen molar-refractivity contribution < 1.29 is 9.72 Å². The predicted molar refractivity (Wildman–Crippen MR) is 100 cm³/mol. The lowest BCUT2D eigenvalue weighted by Crippen LogP contribution is -2.49. The number of amides is 1. The molecule has 26 heavy (non-hydrogen) atoms. The summed E-state index contributed by atoms with van der Waals surface area (Å²) < 4.78 is 0. The van der Waals surface area contributed by atoms with E-state index in [4.69, 9.17) is 23.2 Å². The molecular formula is C17H16Cl2N4O3. The molecule has 0 unspecified atom stereocenters. The molecule has 0 N–H and O–H groups in total. The van der Waals surface area contributed by atoms with Crippen molar-refractivity contribution in [2.45, 2.75) is 6.92 Å². The van der Waals surface area contributed by atoms with Crippen molar-refractivity contribution in [1.82, 2.24) is 9.88 Å². The standard InChI is InChI=1S/C17H16Cl2N4O3/c1-11-8-13(23(25)26)10-20-16(11)21-4-6-22(7-5-21)17(24)12-2-3-14(18)15(19)9-12/h2-3,8-10H,4-7H2,1H3. The smallest absolute Gasteiger partial charge is 0.287 e. The lowest BCUT2D eigenvalue weighted by molar-refractivity contribution is -0.385. The van der Waals surface area contributed by atoms with Crippen LogP contribution in [-0.2, 0) is 0 Å². The third kappa shape index (κ3) is 3.73. The first kappa shape index (κ1) is 18.4. The quantitative estimate of drug-likeness (QED) is 0.587. The van der Waals surface area contributed by atoms with Gasteiger partial charge in [0.1, 0.15) is 12.0 Å². The average molecular weight is 395 g/mol. The summed E-state index contributed by atoms with van der Waals surface area (Å²) in [6, 6.07) is 6.35. The minimum Gasteiger partial charge on any atom is -0.353 e. The number of pyridine rings is 1. The number of hydrogen-bond donors (Lipinski definition) is 0. The lowest BCUT2D eigenvalue weighted by atomic mass is 10.1. The van der Waals surface area contributed by atoms with Gasteiger partial charge in [-0.2, -0.15) is 0 Å². The van der Waals surface area contributed by atoms with E-state index in [9.17, 15) is 14.9 Å². The fraction of sp³-hybridized carbons (Fsp3) is 0.294. The monoisotopic (exact) mass is 394 g/mol. The molecule has 1 fully saturated rings. The Morgan fingerprint density at radius 3 is 2.42 bits per heavy atom. The summed E-state index contributed by atoms with van der Waals surface area (Å²) in [4.78, 5) is 31.0. The second-order valence-corrected chi connectivity index (χ2v) is 6.81. The van der Waals surface area contributed by atoms with Crippen LogP contribution in [0, 0.1) is 17.0 Å². The second kappa shape index (κ2) is 7.47. The van der Waals surface area contributed by atoms with E-state index in [0.717, 1.165) is 5.56 Å². The SMILES string of the molecule is Cc1cc([N+](=O)[O-])cnc1N1CCN(C(=O)c2ccc(Cl)c(Cl)c2)CC1. The van der Waals surface area contributed by atoms with E-state index in [-0.39, 0.29) is 11.6 Å². The molecule has 1 amide bonds. The van der Waals surface area contributed by atoms with Crippen LogP contribution in [0.1, 0.15) is 15.9 Å². The van der Waals surface area contributed by atoms with Crippen LogP contribution in [-0.4, -0.2) is 46.9 Å². The number of benzene rings is 1. The van der Waals surface area contributed by atoms with Gasteiger partial charge in [-0.05, 0) is 30.7 Å². The summed E-state index contributed by atoms with van der Waals surface area (Å²) in [6.07, 6.45) is 1.26. The predicted octanol–water partition coefficient (Wildman–Crippen LogP) is 3.57. The number of nitrogens with zero attached hydrogens (tertiary/aromatic N) is 4. The number of anilines is 1. The molecular weight excluding hydrogens is 379 g/mol. The van der Waals surface area contributed by atoms with Gasteiger partial charge in [-0.15, -0.1) is 0 Å². The van der Waals surface area contributed by atoms with Crippen LogP contribution >= 0.6 is 23.2 Å². The zero-order chi connectivity index (χ0) is 18.8. The van der Waals surface area contributed by atoms with Gasteiger partial charge < -0.3 is 9.80 Å². The van der Waals surface area contributed by atoms with Crippen LogP contribution in [0.2, 0.25) is 10.0 Å². The van der Waals surface area contributed by atoms with Gasteiger partial charge >= 0.3 is 0 Å². The van der Waals surface area contributed by atoms with E-state index < -0.39 is 4.92 Å². The van der Waals surface area contributed by atoms with Gasteiger partial charge in [0.25, 0.3) is 11.6 Å². The Labute approximate surface area is 160 Å². The number of nitro groups is 1. The van der Waals surface area contributed by atoms with Gasteiger partial charge in [0.15, 0.2) is 0 Å². The highest BCUT2D eigenvalue weighted by molar-refractivity contribution is 6.42. The molecule has 0 radical (unpaired) electrons. The number of carbonyl (C=O) groups is 1. The van der Waals surface area contributed by atoms with Crippen molar-refractivity contribution in [3.8, 4) is 0 Å². The van der Waals surface area contributed by atoms with E-state index in [2.05, 4.69) is 4.98 Å². The minimum atomic E-state index is -0.461. The fourth-order valence-corrected chi connectivity index (χ4v) is 3.21. The molecule has 0 atom stereocenters. The number of halogens is 2. The second-order valence-electron chi connectivity index (χ2n) is 6.00. The van der Waals surface area contributed by atoms with Crippen molar-refractivity contribution in [1.29, 1.82) is 0 Å². The summed E-state index contributed by atoms with van der Waals surface area (Å²) in [5.74, 6) is 0.605. The first-order valence-corrected chi connectivity index (χ1v) is 8.72. The molecule has 1 aromatic carbocycles. The molecule has 7 nitrogen and oxygen atoms in total. The van der Waals surface area contributed by atoms with Crippen molar-refractivity contribution in [3.63, 3.8) is 0 Å². The van der Waals surface area contributed by atoms with Gasteiger partial charge in [0.05, 0.1) is 15.0 Å². The highest BCUT2D eigenvalue weighted by Gasteiger charge is 2.24. The minimum absolute atomic E-state index is 0.0281. The van der Waals surface area contributed by atoms with E-state index in [1.54, 1.807) is 30.0 Å². The summed E-state index contributed by atoms with van der Waals surface area (Å²) in [6.45, 7) is 4.04. The molecule has 0 spiro atoms. The molecule has 1 aliphatic rings. The van der Waals surface area contributed by atoms with Gasteiger partial charge in [-0.3, -0.25) is 14.9 Å². The van der Waals surface area contributed by atoms with E-state index in [1.807, 2.05) is 4.90 Å². The maximum Gasteiger partial charge on any atom is 0.287 e. The van der Waals surface area contributed by atoms with Crippen molar-refractivity contribution >= 4 is 40.6 Å². The first-order chi connectivity index (χ1) is 12.4. The fourth-order valence-electron chi connectivity index (χ4n) is 2.92. The van der Waals surface area contributed by atoms with E-state index in [0.29, 0.717) is 47.6 Å². The lowest BCUT2D eigenvalue weighted by Gasteiger charge is -2.36. The molecule has 1 saturated heterocycles. The summed E-state index contributed by atoms with van der Waals surface area (Å²) >= 11 is 11.9. The summed E-state index contributed by atoms with van der Waals surface area (Å²) in [5.41, 5.74) is 1.21. The first-order valence-electron chi connectivity index (χ1n) is 7.97. The molecule has 2 heterocycles. The normalized spacial score (nSPS) is 14.4. The third-order valence-corrected chi connectivity index (χ3v) is 5.02. The van der Waals surface area contributed by atoms with Crippen molar-refractivity contribution in [2.24, 2.45) is 0 Å². The van der Waals surface area contributed by atoms with Crippen LogP contribution in [0.3, 0.4) is 0 Å². The van der Waals surface area contributed by atoms with Crippen molar-refractivity contribution in [3.05, 3.63) is 61.7 Å². The number of piperazine rings is 1. The van der Waals surface area contributed by atoms with Crippen LogP contribution in [0.4, 0.5) is 11.5 Å². The van der Waals surface area contributed by atoms with Gasteiger partial charge in [-0.1, -0.05) is 23.2 Å². The average Bonchev–Trinajstić information content (AvgIpc) is 2.63. The topological polar surface area (TPSA) is 79.6 Å². The highest BCUT2D eigenvalue weighted by Crippen LogP contribution is 2.25. The largest absolute Gasteiger partial charge is 0.353 e. The molecule has 2 aromatic rings. The number of carbonyl (C=O) groups excluding carboxylic acids is 1. The summed E-state index contributed by atoms with van der Waals surface area (Å²) in [5, 5.41) is 11.6. The van der Waals surface area contributed by atoms with Gasteiger partial charge in [0.2, 0.25) is 0 Å². The Morgan fingerprint density at radius 2 is 1.85 bits per heavy atom. The summed E-state index contributed by atoms with van der Waals surface area (Å²) in [7, 11) is 0. The van der Waals surface area contributed by atoms with Crippen LogP contribution < -0.4 is 4.90 Å². The molecule has 1 aliphatic heterocycles. The maximum atomic E-state index is 12.6. The maximum absolute atomic E-state index is 12.6. The Morgan fingerprint density at radius 1 is 1.15 bits per heavy atom. The number of rotatable bonds is 3. The Bertz CT molecular complexity index is 867. The highest BCUT2D eigenvalue weighted by atomic mass is 35.5. The Balaban J connectivity index is 1.68. The number of aryl methyl sites for hydroxylation is 1. The third-order valence-electron chi connectivity index (χ3n) is 4.28. The van der Waals surface area contributed by atoms with Gasteiger partial charge in [-0.25, -0.2) is 4.98 Å². The number of hydrogen-bond acceptors (Lipinski definition) is 5. The Hall–Kier alpha value is -2.38. The van der Waals surface area contributed by atoms with E-state index >= 15 is 0 Å². The number of aromatic nitrogens is 1. The Kier molecular flexibility index (Phi) is 5.29. The molecule has 136 valence electrons. The molecule has 1 aromatic heterocycles. The van der Waals surface area contributed by atoms with Crippen LogP contribution in [0.5, 0.6) is 0 Å². The molecule has 0 saturated carbocycles. The molecule has 3 rings (SSSR count). The van der Waals surface area contributed by atoms with E-state index in [1.165, 1.54) is 12.3 Å². The van der Waals surface area contributed by atoms with Gasteiger partial charge in [0, 0.05) is 37.8 Å². The molecule has 9 heteroatoms. The van der Waals surface area contributed by atoms with Crippen LogP contribution in [0.15, 0.2) is 30.5 Å². The van der Waals surface area contributed by atoms with Crippen LogP contribution in [0.25, 0.3) is 0 Å². The molecule has 0 bridgehead atoms. The zero-order valence-electron chi connectivity index (χ0n) is 14.0. The molecule has 0 aliphatic carbocycles.